The van der Waals surface area contributed by atoms with Crippen molar-refractivity contribution in [1.82, 2.24) is 10.1 Å². The molecule has 22 heavy (non-hydrogen) atoms. The van der Waals surface area contributed by atoms with Gasteiger partial charge in [0.1, 0.15) is 5.75 Å². The van der Waals surface area contributed by atoms with Crippen molar-refractivity contribution >= 4 is 23.4 Å². The molecule has 0 aliphatic carbocycles. The van der Waals surface area contributed by atoms with Crippen LogP contribution < -0.4 is 4.74 Å². The highest BCUT2D eigenvalue weighted by molar-refractivity contribution is 7.98. The zero-order valence-electron chi connectivity index (χ0n) is 11.8. The van der Waals surface area contributed by atoms with Gasteiger partial charge in [-0.1, -0.05) is 28.9 Å². The summed E-state index contributed by atoms with van der Waals surface area (Å²) in [6, 6.07) is 15.3. The summed E-state index contributed by atoms with van der Waals surface area (Å²) in [6.45, 7) is 0. The van der Waals surface area contributed by atoms with Crippen molar-refractivity contribution in [3.05, 3.63) is 59.4 Å². The van der Waals surface area contributed by atoms with E-state index in [1.165, 1.54) is 0 Å². The molecule has 0 saturated carbocycles. The van der Waals surface area contributed by atoms with Gasteiger partial charge in [0.25, 0.3) is 0 Å². The van der Waals surface area contributed by atoms with Crippen LogP contribution in [-0.2, 0) is 5.75 Å². The van der Waals surface area contributed by atoms with Gasteiger partial charge >= 0.3 is 0 Å². The van der Waals surface area contributed by atoms with E-state index in [9.17, 15) is 0 Å². The smallest absolute Gasteiger partial charge is 0.237 e. The van der Waals surface area contributed by atoms with Crippen LogP contribution in [0.1, 0.15) is 5.89 Å². The number of rotatable bonds is 5. The summed E-state index contributed by atoms with van der Waals surface area (Å²) >= 11 is 7.75. The molecule has 0 fully saturated rings. The number of hydrogen-bond acceptors (Lipinski definition) is 5. The van der Waals surface area contributed by atoms with Crippen LogP contribution in [-0.4, -0.2) is 17.3 Å². The average Bonchev–Trinajstić information content (AvgIpc) is 3.02. The molecule has 0 radical (unpaired) electrons. The normalized spacial score (nSPS) is 10.6. The Labute approximate surface area is 137 Å². The van der Waals surface area contributed by atoms with Crippen molar-refractivity contribution in [3.8, 4) is 17.1 Å². The van der Waals surface area contributed by atoms with E-state index in [2.05, 4.69) is 10.1 Å². The highest BCUT2D eigenvalue weighted by atomic mass is 35.5. The molecule has 0 unspecified atom stereocenters. The van der Waals surface area contributed by atoms with E-state index in [0.717, 1.165) is 16.2 Å². The molecule has 6 heteroatoms. The number of aromatic nitrogens is 2. The van der Waals surface area contributed by atoms with Gasteiger partial charge in [-0.15, -0.1) is 11.8 Å². The second-order valence-electron chi connectivity index (χ2n) is 4.46. The van der Waals surface area contributed by atoms with Crippen LogP contribution in [0, 0.1) is 0 Å². The molecule has 0 aliphatic heterocycles. The largest absolute Gasteiger partial charge is 0.497 e. The van der Waals surface area contributed by atoms with Crippen molar-refractivity contribution in [1.29, 1.82) is 0 Å². The van der Waals surface area contributed by atoms with Crippen LogP contribution in [0.3, 0.4) is 0 Å². The van der Waals surface area contributed by atoms with E-state index in [1.54, 1.807) is 24.9 Å². The third-order valence-corrected chi connectivity index (χ3v) is 4.33. The van der Waals surface area contributed by atoms with Crippen LogP contribution in [0.25, 0.3) is 11.4 Å². The predicted octanol–water partition coefficient (Wildman–Crippen LogP) is 4.69. The number of methoxy groups -OCH3 is 1. The van der Waals surface area contributed by atoms with Gasteiger partial charge in [-0.2, -0.15) is 4.98 Å². The fraction of sp³-hybridized carbons (Fsp3) is 0.125. The maximum atomic E-state index is 6.13. The van der Waals surface area contributed by atoms with E-state index in [-0.39, 0.29) is 0 Å². The molecule has 112 valence electrons. The Morgan fingerprint density at radius 1 is 1.14 bits per heavy atom. The topological polar surface area (TPSA) is 48.2 Å². The van der Waals surface area contributed by atoms with Crippen LogP contribution in [0.2, 0.25) is 5.02 Å². The highest BCUT2D eigenvalue weighted by Gasteiger charge is 2.11. The summed E-state index contributed by atoms with van der Waals surface area (Å²) in [7, 11) is 1.65. The lowest BCUT2D eigenvalue weighted by molar-refractivity contribution is 0.391. The SMILES string of the molecule is COc1ccc(SCc2nc(-c3ccccc3Cl)no2)cc1. The molecule has 0 aliphatic rings. The second kappa shape index (κ2) is 6.85. The summed E-state index contributed by atoms with van der Waals surface area (Å²) in [4.78, 5) is 5.49. The Morgan fingerprint density at radius 3 is 2.64 bits per heavy atom. The zero-order valence-corrected chi connectivity index (χ0v) is 13.4. The Morgan fingerprint density at radius 2 is 1.91 bits per heavy atom. The fourth-order valence-electron chi connectivity index (χ4n) is 1.88. The lowest BCUT2D eigenvalue weighted by Gasteiger charge is -2.01. The Hall–Kier alpha value is -1.98. The first-order chi connectivity index (χ1) is 10.8. The molecule has 0 amide bonds. The monoisotopic (exact) mass is 332 g/mol. The molecular weight excluding hydrogens is 320 g/mol. The van der Waals surface area contributed by atoms with E-state index < -0.39 is 0 Å². The molecule has 3 rings (SSSR count). The number of thioether (sulfide) groups is 1. The van der Waals surface area contributed by atoms with Crippen molar-refractivity contribution < 1.29 is 9.26 Å². The Bertz CT molecular complexity index is 759. The lowest BCUT2D eigenvalue weighted by Crippen LogP contribution is -1.84. The molecule has 4 nitrogen and oxygen atoms in total. The third kappa shape index (κ3) is 3.43. The summed E-state index contributed by atoms with van der Waals surface area (Å²) in [5, 5.41) is 4.59. The number of benzene rings is 2. The number of ether oxygens (including phenoxy) is 1. The molecule has 3 aromatic rings. The molecular formula is C16H13ClN2O2S. The molecule has 0 saturated heterocycles. The Kier molecular flexibility index (Phi) is 4.65. The van der Waals surface area contributed by atoms with Gasteiger partial charge in [0, 0.05) is 10.5 Å². The molecule has 0 bridgehead atoms. The van der Waals surface area contributed by atoms with E-state index >= 15 is 0 Å². The van der Waals surface area contributed by atoms with Gasteiger partial charge in [0.15, 0.2) is 0 Å². The standard InChI is InChI=1S/C16H13ClN2O2S/c1-20-11-6-8-12(9-7-11)22-10-15-18-16(19-21-15)13-4-2-3-5-14(13)17/h2-9H,10H2,1H3. The van der Waals surface area contributed by atoms with E-state index in [0.29, 0.717) is 22.5 Å². The maximum Gasteiger partial charge on any atom is 0.237 e. The highest BCUT2D eigenvalue weighted by Crippen LogP contribution is 2.27. The van der Waals surface area contributed by atoms with E-state index in [1.807, 2.05) is 42.5 Å². The predicted molar refractivity (Wildman–Crippen MR) is 87.3 cm³/mol. The number of nitrogens with zero attached hydrogens (tertiary/aromatic N) is 2. The minimum atomic E-state index is 0.510. The summed E-state index contributed by atoms with van der Waals surface area (Å²) < 4.78 is 10.4. The minimum Gasteiger partial charge on any atom is -0.497 e. The van der Waals surface area contributed by atoms with Crippen LogP contribution in [0.5, 0.6) is 5.75 Å². The summed E-state index contributed by atoms with van der Waals surface area (Å²) in [5.41, 5.74) is 0.772. The van der Waals surface area contributed by atoms with Gasteiger partial charge in [-0.05, 0) is 36.4 Å². The third-order valence-electron chi connectivity index (χ3n) is 3.00. The molecule has 1 aromatic heterocycles. The molecule has 0 N–H and O–H groups in total. The van der Waals surface area contributed by atoms with Gasteiger partial charge in [0.2, 0.25) is 11.7 Å². The molecule has 1 heterocycles. The van der Waals surface area contributed by atoms with Gasteiger partial charge in [0.05, 0.1) is 17.9 Å². The van der Waals surface area contributed by atoms with Crippen molar-refractivity contribution in [2.45, 2.75) is 10.6 Å². The van der Waals surface area contributed by atoms with Crippen molar-refractivity contribution in [2.24, 2.45) is 0 Å². The second-order valence-corrected chi connectivity index (χ2v) is 5.91. The van der Waals surface area contributed by atoms with Crippen LogP contribution in [0.4, 0.5) is 0 Å². The van der Waals surface area contributed by atoms with Gasteiger partial charge in [-0.3, -0.25) is 0 Å². The van der Waals surface area contributed by atoms with E-state index in [4.69, 9.17) is 20.9 Å². The number of halogens is 1. The first kappa shape index (κ1) is 14.9. The lowest BCUT2D eigenvalue weighted by atomic mass is 10.2. The fourth-order valence-corrected chi connectivity index (χ4v) is 2.84. The van der Waals surface area contributed by atoms with Gasteiger partial charge in [-0.25, -0.2) is 0 Å². The minimum absolute atomic E-state index is 0.510. The maximum absolute atomic E-state index is 6.13. The average molecular weight is 333 g/mol. The quantitative estimate of drug-likeness (QED) is 0.634. The first-order valence-electron chi connectivity index (χ1n) is 6.60. The zero-order chi connectivity index (χ0) is 15.4. The van der Waals surface area contributed by atoms with Crippen molar-refractivity contribution in [3.63, 3.8) is 0 Å². The van der Waals surface area contributed by atoms with Crippen LogP contribution in [0.15, 0.2) is 57.9 Å². The Balaban J connectivity index is 1.68. The first-order valence-corrected chi connectivity index (χ1v) is 7.97. The number of hydrogen-bond donors (Lipinski definition) is 0. The molecule has 0 spiro atoms. The summed E-state index contributed by atoms with van der Waals surface area (Å²) in [6.07, 6.45) is 0. The van der Waals surface area contributed by atoms with Crippen LogP contribution >= 0.6 is 23.4 Å². The molecule has 2 aromatic carbocycles. The summed E-state index contributed by atoms with van der Waals surface area (Å²) in [5.74, 6) is 2.51. The van der Waals surface area contributed by atoms with Gasteiger partial charge < -0.3 is 9.26 Å². The van der Waals surface area contributed by atoms with Crippen molar-refractivity contribution in [2.75, 3.05) is 7.11 Å². The molecule has 0 atom stereocenters.